The van der Waals surface area contributed by atoms with Crippen molar-refractivity contribution in [3.8, 4) is 0 Å². The van der Waals surface area contributed by atoms with Crippen molar-refractivity contribution in [1.29, 1.82) is 0 Å². The maximum Gasteiger partial charge on any atom is 0.311 e. The van der Waals surface area contributed by atoms with Gasteiger partial charge in [-0.2, -0.15) is 0 Å². The van der Waals surface area contributed by atoms with Crippen molar-refractivity contribution in [2.24, 2.45) is 10.8 Å². The molecule has 0 aliphatic heterocycles. The van der Waals surface area contributed by atoms with Gasteiger partial charge in [-0.15, -0.1) is 0 Å². The van der Waals surface area contributed by atoms with E-state index < -0.39 is 10.8 Å². The van der Waals surface area contributed by atoms with Crippen LogP contribution in [0.25, 0.3) is 0 Å². The summed E-state index contributed by atoms with van der Waals surface area (Å²) in [6.07, 6.45) is 3.46. The van der Waals surface area contributed by atoms with Crippen molar-refractivity contribution in [3.63, 3.8) is 0 Å². The third-order valence-electron chi connectivity index (χ3n) is 4.38. The van der Waals surface area contributed by atoms with Crippen LogP contribution in [-0.2, 0) is 20.7 Å². The number of esters is 1. The van der Waals surface area contributed by atoms with Crippen LogP contribution < -0.4 is 0 Å². The molecule has 1 atom stereocenters. The fourth-order valence-electron chi connectivity index (χ4n) is 2.41. The Kier molecular flexibility index (Phi) is 6.27. The number of carbonyl (C=O) groups is 2. The zero-order chi connectivity index (χ0) is 16.8. The maximum absolute atomic E-state index is 12.4. The Balaban J connectivity index is 2.61. The lowest BCUT2D eigenvalue weighted by atomic mass is 9.71. The van der Waals surface area contributed by atoms with Crippen LogP contribution in [0.3, 0.4) is 0 Å². The molecule has 22 heavy (non-hydrogen) atoms. The number of pyridine rings is 1. The van der Waals surface area contributed by atoms with E-state index in [0.717, 1.165) is 5.69 Å². The van der Waals surface area contributed by atoms with Crippen molar-refractivity contribution in [2.45, 2.75) is 53.9 Å². The van der Waals surface area contributed by atoms with E-state index in [1.165, 1.54) is 0 Å². The molecule has 0 aromatic carbocycles. The predicted molar refractivity (Wildman–Crippen MR) is 86.4 cm³/mol. The number of carbonyl (C=O) groups excluding carboxylic acids is 2. The van der Waals surface area contributed by atoms with Gasteiger partial charge in [-0.3, -0.25) is 14.6 Å². The molecule has 1 aromatic heterocycles. The van der Waals surface area contributed by atoms with E-state index in [1.807, 2.05) is 45.9 Å². The number of aromatic nitrogens is 1. The number of hydrogen-bond acceptors (Lipinski definition) is 4. The molecule has 1 heterocycles. The van der Waals surface area contributed by atoms with Gasteiger partial charge in [-0.05, 0) is 38.8 Å². The summed E-state index contributed by atoms with van der Waals surface area (Å²) in [6.45, 7) is 9.47. The molecule has 0 fully saturated rings. The highest BCUT2D eigenvalue weighted by Crippen LogP contribution is 2.38. The van der Waals surface area contributed by atoms with Gasteiger partial charge in [-0.1, -0.05) is 26.8 Å². The number of rotatable bonds is 8. The first kappa shape index (κ1) is 18.3. The molecule has 4 nitrogen and oxygen atoms in total. The second-order valence-corrected chi connectivity index (χ2v) is 6.74. The van der Waals surface area contributed by atoms with Gasteiger partial charge in [0.25, 0.3) is 0 Å². The van der Waals surface area contributed by atoms with Gasteiger partial charge in [0.2, 0.25) is 0 Å². The second kappa shape index (κ2) is 7.52. The van der Waals surface area contributed by atoms with Gasteiger partial charge in [0, 0.05) is 23.7 Å². The highest BCUT2D eigenvalue weighted by atomic mass is 16.5. The first-order chi connectivity index (χ1) is 10.2. The summed E-state index contributed by atoms with van der Waals surface area (Å²) in [5.41, 5.74) is -0.262. The van der Waals surface area contributed by atoms with Crippen LogP contribution in [0.2, 0.25) is 0 Å². The van der Waals surface area contributed by atoms with Gasteiger partial charge < -0.3 is 4.74 Å². The van der Waals surface area contributed by atoms with Crippen LogP contribution in [0, 0.1) is 10.8 Å². The van der Waals surface area contributed by atoms with Gasteiger partial charge in [0.05, 0.1) is 12.0 Å². The van der Waals surface area contributed by atoms with Gasteiger partial charge >= 0.3 is 5.97 Å². The highest BCUT2D eigenvalue weighted by Gasteiger charge is 2.40. The molecule has 0 spiro atoms. The maximum atomic E-state index is 12.4. The molecule has 0 bridgehead atoms. The summed E-state index contributed by atoms with van der Waals surface area (Å²) in [5.74, 6) is -0.145. The first-order valence-electron chi connectivity index (χ1n) is 7.79. The van der Waals surface area contributed by atoms with E-state index in [4.69, 9.17) is 4.74 Å². The molecule has 1 unspecified atom stereocenters. The number of nitrogens with zero attached hydrogens (tertiary/aromatic N) is 1. The molecular formula is C18H27NO3. The lowest BCUT2D eigenvalue weighted by Crippen LogP contribution is -2.37. The number of Topliss-reactive ketones (excluding diaryl/α,β-unsaturated/α-hetero) is 1. The molecule has 0 radical (unpaired) electrons. The molecule has 0 saturated heterocycles. The normalized spacial score (nSPS) is 14.2. The smallest absolute Gasteiger partial charge is 0.311 e. The third kappa shape index (κ3) is 4.93. The molecule has 0 saturated carbocycles. The van der Waals surface area contributed by atoms with Crippen molar-refractivity contribution in [1.82, 2.24) is 4.98 Å². The summed E-state index contributed by atoms with van der Waals surface area (Å²) in [7, 11) is 0. The average Bonchev–Trinajstić information content (AvgIpc) is 2.47. The van der Waals surface area contributed by atoms with Crippen LogP contribution in [0.1, 0.15) is 53.2 Å². The molecule has 4 heteroatoms. The zero-order valence-electron chi connectivity index (χ0n) is 14.3. The lowest BCUT2D eigenvalue weighted by Gasteiger charge is -2.33. The number of ether oxygens (including phenoxy) is 1. The van der Waals surface area contributed by atoms with Crippen molar-refractivity contribution < 1.29 is 14.3 Å². The second-order valence-electron chi connectivity index (χ2n) is 6.74. The molecule has 122 valence electrons. The zero-order valence-corrected chi connectivity index (χ0v) is 14.3. The van der Waals surface area contributed by atoms with Crippen LogP contribution in [0.4, 0.5) is 0 Å². The summed E-state index contributed by atoms with van der Waals surface area (Å²) in [5, 5.41) is 0. The minimum absolute atomic E-state index is 0.0912. The molecule has 1 aromatic rings. The SMILES string of the molecule is CCC(C)(CC(C)(C)C(C)=O)C(=O)OCCc1ccccn1. The largest absolute Gasteiger partial charge is 0.465 e. The lowest BCUT2D eigenvalue weighted by molar-refractivity contribution is -0.157. The Morgan fingerprint density at radius 2 is 1.91 bits per heavy atom. The third-order valence-corrected chi connectivity index (χ3v) is 4.38. The fourth-order valence-corrected chi connectivity index (χ4v) is 2.41. The minimum Gasteiger partial charge on any atom is -0.465 e. The van der Waals surface area contributed by atoms with E-state index in [2.05, 4.69) is 4.98 Å². The van der Waals surface area contributed by atoms with E-state index >= 15 is 0 Å². The van der Waals surface area contributed by atoms with Gasteiger partial charge in [0.1, 0.15) is 5.78 Å². The van der Waals surface area contributed by atoms with E-state index in [1.54, 1.807) is 13.1 Å². The Labute approximate surface area is 133 Å². The van der Waals surface area contributed by atoms with E-state index in [0.29, 0.717) is 25.9 Å². The van der Waals surface area contributed by atoms with Crippen LogP contribution in [-0.4, -0.2) is 23.3 Å². The first-order valence-corrected chi connectivity index (χ1v) is 7.79. The molecular weight excluding hydrogens is 278 g/mol. The summed E-state index contributed by atoms with van der Waals surface area (Å²) in [6, 6.07) is 5.68. The Morgan fingerprint density at radius 3 is 2.41 bits per heavy atom. The fraction of sp³-hybridized carbons (Fsp3) is 0.611. The van der Waals surface area contributed by atoms with Crippen LogP contribution in [0.5, 0.6) is 0 Å². The Hall–Kier alpha value is -1.71. The van der Waals surface area contributed by atoms with Gasteiger partial charge in [0.15, 0.2) is 0 Å². The Morgan fingerprint density at radius 1 is 1.23 bits per heavy atom. The van der Waals surface area contributed by atoms with E-state index in [9.17, 15) is 9.59 Å². The van der Waals surface area contributed by atoms with Gasteiger partial charge in [-0.25, -0.2) is 0 Å². The van der Waals surface area contributed by atoms with Crippen molar-refractivity contribution >= 4 is 11.8 Å². The highest BCUT2D eigenvalue weighted by molar-refractivity contribution is 5.83. The molecule has 0 aliphatic carbocycles. The minimum atomic E-state index is -0.640. The number of ketones is 1. The number of hydrogen-bond donors (Lipinski definition) is 0. The van der Waals surface area contributed by atoms with Crippen LogP contribution in [0.15, 0.2) is 24.4 Å². The van der Waals surface area contributed by atoms with E-state index in [-0.39, 0.29) is 11.8 Å². The predicted octanol–water partition coefficient (Wildman–Crippen LogP) is 3.59. The monoisotopic (exact) mass is 305 g/mol. The molecule has 1 rings (SSSR count). The average molecular weight is 305 g/mol. The Bertz CT molecular complexity index is 510. The quantitative estimate of drug-likeness (QED) is 0.689. The summed E-state index contributed by atoms with van der Waals surface area (Å²) >= 11 is 0. The summed E-state index contributed by atoms with van der Waals surface area (Å²) in [4.78, 5) is 28.4. The molecule has 0 N–H and O–H groups in total. The molecule has 0 aliphatic rings. The standard InChI is InChI=1S/C18H27NO3/c1-6-18(5,13-17(3,4)14(2)20)16(21)22-12-10-15-9-7-8-11-19-15/h7-9,11H,6,10,12-13H2,1-5H3. The van der Waals surface area contributed by atoms with Crippen molar-refractivity contribution in [3.05, 3.63) is 30.1 Å². The topological polar surface area (TPSA) is 56.3 Å². The van der Waals surface area contributed by atoms with Crippen molar-refractivity contribution in [2.75, 3.05) is 6.61 Å². The summed E-state index contributed by atoms with van der Waals surface area (Å²) < 4.78 is 5.44. The molecule has 0 amide bonds. The van der Waals surface area contributed by atoms with Crippen LogP contribution >= 0.6 is 0 Å².